The minimum Gasteiger partial charge on any atom is -0.358 e. The summed E-state index contributed by atoms with van der Waals surface area (Å²) in [5.41, 5.74) is 3.80. The minimum absolute atomic E-state index is 0.884. The molecule has 0 fully saturated rings. The maximum atomic E-state index is 3.80. The SMILES string of the molecule is CC(C)CCCCC[NH3+]. The van der Waals surface area contributed by atoms with Crippen LogP contribution in [0.4, 0.5) is 0 Å². The predicted octanol–water partition coefficient (Wildman–Crippen LogP) is 1.44. The van der Waals surface area contributed by atoms with Crippen LogP contribution in [0, 0.1) is 5.92 Å². The summed E-state index contributed by atoms with van der Waals surface area (Å²) in [4.78, 5) is 0. The Morgan fingerprint density at radius 2 is 1.78 bits per heavy atom. The summed E-state index contributed by atoms with van der Waals surface area (Å²) in [5, 5.41) is 0. The Labute approximate surface area is 58.6 Å². The van der Waals surface area contributed by atoms with Crippen molar-refractivity contribution in [3.63, 3.8) is 0 Å². The average Bonchev–Trinajstić information content (AvgIpc) is 1.80. The zero-order valence-corrected chi connectivity index (χ0v) is 6.82. The van der Waals surface area contributed by atoms with Gasteiger partial charge in [0.25, 0.3) is 0 Å². The molecule has 0 radical (unpaired) electrons. The van der Waals surface area contributed by atoms with Crippen LogP contribution in [0.5, 0.6) is 0 Å². The molecule has 0 aliphatic heterocycles. The van der Waals surface area contributed by atoms with Gasteiger partial charge < -0.3 is 5.73 Å². The van der Waals surface area contributed by atoms with Crippen LogP contribution >= 0.6 is 0 Å². The molecule has 0 bridgehead atoms. The van der Waals surface area contributed by atoms with Gasteiger partial charge in [0.15, 0.2) is 0 Å². The van der Waals surface area contributed by atoms with Crippen molar-refractivity contribution in [3.05, 3.63) is 0 Å². The van der Waals surface area contributed by atoms with E-state index in [2.05, 4.69) is 19.6 Å². The molecule has 0 atom stereocenters. The third-order valence-electron chi connectivity index (χ3n) is 1.53. The monoisotopic (exact) mass is 130 g/mol. The van der Waals surface area contributed by atoms with E-state index in [0.717, 1.165) is 12.5 Å². The van der Waals surface area contributed by atoms with Crippen molar-refractivity contribution in [1.29, 1.82) is 0 Å². The third kappa shape index (κ3) is 7.96. The van der Waals surface area contributed by atoms with Crippen molar-refractivity contribution in [2.75, 3.05) is 6.54 Å². The fourth-order valence-corrected chi connectivity index (χ4v) is 0.906. The first kappa shape index (κ1) is 8.96. The molecular weight excluding hydrogens is 110 g/mol. The van der Waals surface area contributed by atoms with Crippen LogP contribution in [0.15, 0.2) is 0 Å². The van der Waals surface area contributed by atoms with E-state index in [1.165, 1.54) is 25.7 Å². The number of unbranched alkanes of at least 4 members (excludes halogenated alkanes) is 2. The summed E-state index contributed by atoms with van der Waals surface area (Å²) in [6, 6.07) is 0. The zero-order valence-electron chi connectivity index (χ0n) is 6.82. The molecule has 0 heterocycles. The Morgan fingerprint density at radius 1 is 1.11 bits per heavy atom. The van der Waals surface area contributed by atoms with Gasteiger partial charge in [0.2, 0.25) is 0 Å². The van der Waals surface area contributed by atoms with Crippen molar-refractivity contribution >= 4 is 0 Å². The largest absolute Gasteiger partial charge is 0.358 e. The Kier molecular flexibility index (Phi) is 6.06. The molecule has 0 spiro atoms. The smallest absolute Gasteiger partial charge is 0.0739 e. The van der Waals surface area contributed by atoms with E-state index in [0.29, 0.717) is 0 Å². The second-order valence-corrected chi connectivity index (χ2v) is 3.10. The molecule has 0 aromatic carbocycles. The molecule has 0 unspecified atom stereocenters. The van der Waals surface area contributed by atoms with Gasteiger partial charge >= 0.3 is 0 Å². The summed E-state index contributed by atoms with van der Waals surface area (Å²) in [5.74, 6) is 0.884. The topological polar surface area (TPSA) is 27.6 Å². The van der Waals surface area contributed by atoms with Crippen LogP contribution in [-0.2, 0) is 0 Å². The third-order valence-corrected chi connectivity index (χ3v) is 1.53. The Hall–Kier alpha value is -0.0400. The highest BCUT2D eigenvalue weighted by Gasteiger charge is 1.92. The van der Waals surface area contributed by atoms with Crippen molar-refractivity contribution in [3.8, 4) is 0 Å². The first-order chi connectivity index (χ1) is 4.27. The van der Waals surface area contributed by atoms with Crippen molar-refractivity contribution in [2.45, 2.75) is 39.5 Å². The second kappa shape index (κ2) is 6.09. The molecule has 0 amide bonds. The van der Waals surface area contributed by atoms with E-state index in [1.54, 1.807) is 0 Å². The lowest BCUT2D eigenvalue weighted by Gasteiger charge is -2.01. The molecule has 3 N–H and O–H groups in total. The first-order valence-corrected chi connectivity index (χ1v) is 4.06. The van der Waals surface area contributed by atoms with Gasteiger partial charge in [-0.1, -0.05) is 26.7 Å². The number of rotatable bonds is 5. The molecular formula is C8H20N+. The van der Waals surface area contributed by atoms with Gasteiger partial charge in [-0.3, -0.25) is 0 Å². The van der Waals surface area contributed by atoms with E-state index in [4.69, 9.17) is 0 Å². The summed E-state index contributed by atoms with van der Waals surface area (Å²) >= 11 is 0. The summed E-state index contributed by atoms with van der Waals surface area (Å²) in [6.07, 6.45) is 5.47. The van der Waals surface area contributed by atoms with Gasteiger partial charge in [-0.2, -0.15) is 0 Å². The van der Waals surface area contributed by atoms with E-state index in [-0.39, 0.29) is 0 Å². The molecule has 0 aromatic heterocycles. The Bertz CT molecular complexity index is 50.5. The molecule has 0 rings (SSSR count). The fraction of sp³-hybridized carbons (Fsp3) is 1.00. The van der Waals surface area contributed by atoms with Crippen LogP contribution in [0.2, 0.25) is 0 Å². The lowest BCUT2D eigenvalue weighted by atomic mass is 10.1. The lowest BCUT2D eigenvalue weighted by Crippen LogP contribution is -2.50. The van der Waals surface area contributed by atoms with Crippen LogP contribution in [0.25, 0.3) is 0 Å². The molecule has 1 heteroatoms. The van der Waals surface area contributed by atoms with Crippen molar-refractivity contribution < 1.29 is 5.73 Å². The molecule has 56 valence electrons. The van der Waals surface area contributed by atoms with Crippen LogP contribution in [0.1, 0.15) is 39.5 Å². The van der Waals surface area contributed by atoms with Gasteiger partial charge in [-0.15, -0.1) is 0 Å². The quantitative estimate of drug-likeness (QED) is 0.545. The molecule has 0 saturated heterocycles. The summed E-state index contributed by atoms with van der Waals surface area (Å²) in [7, 11) is 0. The first-order valence-electron chi connectivity index (χ1n) is 4.06. The van der Waals surface area contributed by atoms with Gasteiger partial charge in [-0.25, -0.2) is 0 Å². The van der Waals surface area contributed by atoms with Crippen molar-refractivity contribution in [1.82, 2.24) is 0 Å². The summed E-state index contributed by atoms with van der Waals surface area (Å²) in [6.45, 7) is 5.67. The van der Waals surface area contributed by atoms with Crippen molar-refractivity contribution in [2.24, 2.45) is 5.92 Å². The highest BCUT2D eigenvalue weighted by molar-refractivity contribution is 4.45. The maximum absolute atomic E-state index is 3.80. The number of quaternary nitrogens is 1. The van der Waals surface area contributed by atoms with Gasteiger partial charge in [0, 0.05) is 0 Å². The standard InChI is InChI=1S/C8H19N/c1-8(2)6-4-3-5-7-9/h8H,3-7,9H2,1-2H3/p+1. The highest BCUT2D eigenvalue weighted by atomic mass is 14.5. The van der Waals surface area contributed by atoms with Crippen LogP contribution < -0.4 is 5.73 Å². The molecule has 1 nitrogen and oxygen atoms in total. The number of hydrogen-bond donors (Lipinski definition) is 1. The van der Waals surface area contributed by atoms with Gasteiger partial charge in [0.1, 0.15) is 0 Å². The number of hydrogen-bond acceptors (Lipinski definition) is 0. The molecule has 9 heavy (non-hydrogen) atoms. The summed E-state index contributed by atoms with van der Waals surface area (Å²) < 4.78 is 0. The normalized spacial score (nSPS) is 10.7. The highest BCUT2D eigenvalue weighted by Crippen LogP contribution is 2.06. The molecule has 0 saturated carbocycles. The Morgan fingerprint density at radius 3 is 2.22 bits per heavy atom. The fourth-order valence-electron chi connectivity index (χ4n) is 0.906. The zero-order chi connectivity index (χ0) is 7.11. The van der Waals surface area contributed by atoms with E-state index < -0.39 is 0 Å². The molecule has 0 aromatic rings. The molecule has 0 aliphatic carbocycles. The average molecular weight is 130 g/mol. The second-order valence-electron chi connectivity index (χ2n) is 3.10. The predicted molar refractivity (Wildman–Crippen MR) is 41.1 cm³/mol. The Balaban J connectivity index is 2.75. The van der Waals surface area contributed by atoms with E-state index in [1.807, 2.05) is 0 Å². The van der Waals surface area contributed by atoms with Crippen LogP contribution in [-0.4, -0.2) is 6.54 Å². The van der Waals surface area contributed by atoms with Gasteiger partial charge in [-0.05, 0) is 18.8 Å². The lowest BCUT2D eigenvalue weighted by molar-refractivity contribution is -0.368. The molecule has 0 aliphatic rings. The van der Waals surface area contributed by atoms with Gasteiger partial charge in [0.05, 0.1) is 6.54 Å². The van der Waals surface area contributed by atoms with E-state index in [9.17, 15) is 0 Å². The maximum Gasteiger partial charge on any atom is 0.0739 e. The van der Waals surface area contributed by atoms with E-state index >= 15 is 0 Å². The minimum atomic E-state index is 0.884. The van der Waals surface area contributed by atoms with Crippen LogP contribution in [0.3, 0.4) is 0 Å².